The van der Waals surface area contributed by atoms with Gasteiger partial charge in [0.1, 0.15) is 18.2 Å². The van der Waals surface area contributed by atoms with E-state index in [1.54, 1.807) is 7.11 Å². The second-order valence-electron chi connectivity index (χ2n) is 5.64. The van der Waals surface area contributed by atoms with Gasteiger partial charge in [0, 0.05) is 32.3 Å². The SMILES string of the molecule is CCCNc1cc(N2CCCCC2CC)nc(COC)n1. The molecule has 1 saturated heterocycles. The molecular formula is C16H28N4O. The van der Waals surface area contributed by atoms with Gasteiger partial charge in [0.2, 0.25) is 0 Å². The summed E-state index contributed by atoms with van der Waals surface area (Å²) in [5.41, 5.74) is 0. The summed E-state index contributed by atoms with van der Waals surface area (Å²) in [4.78, 5) is 11.7. The minimum atomic E-state index is 0.458. The molecule has 2 heterocycles. The Morgan fingerprint density at radius 1 is 1.33 bits per heavy atom. The van der Waals surface area contributed by atoms with Gasteiger partial charge < -0.3 is 15.0 Å². The maximum atomic E-state index is 5.21. The summed E-state index contributed by atoms with van der Waals surface area (Å²) in [5.74, 6) is 2.71. The van der Waals surface area contributed by atoms with E-state index in [-0.39, 0.29) is 0 Å². The van der Waals surface area contributed by atoms with Gasteiger partial charge in [-0.2, -0.15) is 0 Å². The normalized spacial score (nSPS) is 18.8. The molecular weight excluding hydrogens is 264 g/mol. The molecule has 1 aromatic rings. The third-order valence-corrected chi connectivity index (χ3v) is 3.98. The fourth-order valence-corrected chi connectivity index (χ4v) is 2.89. The van der Waals surface area contributed by atoms with Crippen LogP contribution in [0.2, 0.25) is 0 Å². The first-order valence-electron chi connectivity index (χ1n) is 8.15. The summed E-state index contributed by atoms with van der Waals surface area (Å²) >= 11 is 0. The number of rotatable bonds is 7. The molecule has 5 heteroatoms. The van der Waals surface area contributed by atoms with Gasteiger partial charge in [-0.25, -0.2) is 9.97 Å². The minimum absolute atomic E-state index is 0.458. The zero-order chi connectivity index (χ0) is 15.1. The summed E-state index contributed by atoms with van der Waals surface area (Å²) in [6.07, 6.45) is 6.09. The van der Waals surface area contributed by atoms with Crippen molar-refractivity contribution in [2.45, 2.75) is 58.6 Å². The number of hydrogen-bond acceptors (Lipinski definition) is 5. The maximum absolute atomic E-state index is 5.21. The van der Waals surface area contributed by atoms with Gasteiger partial charge in [0.15, 0.2) is 5.82 Å². The lowest BCUT2D eigenvalue weighted by Gasteiger charge is -2.36. The van der Waals surface area contributed by atoms with Crippen molar-refractivity contribution in [3.63, 3.8) is 0 Å². The van der Waals surface area contributed by atoms with Crippen LogP contribution in [-0.2, 0) is 11.3 Å². The Labute approximate surface area is 128 Å². The number of anilines is 2. The number of ether oxygens (including phenoxy) is 1. The van der Waals surface area contributed by atoms with E-state index < -0.39 is 0 Å². The van der Waals surface area contributed by atoms with E-state index in [1.165, 1.54) is 25.7 Å². The highest BCUT2D eigenvalue weighted by molar-refractivity contribution is 5.50. The molecule has 0 aromatic carbocycles. The van der Waals surface area contributed by atoms with Crippen LogP contribution < -0.4 is 10.2 Å². The first kappa shape index (κ1) is 16.0. The smallest absolute Gasteiger partial charge is 0.158 e. The van der Waals surface area contributed by atoms with Crippen LogP contribution in [-0.4, -0.2) is 36.2 Å². The topological polar surface area (TPSA) is 50.3 Å². The van der Waals surface area contributed by atoms with E-state index in [0.29, 0.717) is 12.6 Å². The molecule has 0 aliphatic carbocycles. The van der Waals surface area contributed by atoms with Gasteiger partial charge in [-0.1, -0.05) is 13.8 Å². The molecule has 1 aromatic heterocycles. The van der Waals surface area contributed by atoms with Crippen molar-refractivity contribution in [1.82, 2.24) is 9.97 Å². The zero-order valence-corrected chi connectivity index (χ0v) is 13.6. The van der Waals surface area contributed by atoms with Crippen molar-refractivity contribution < 1.29 is 4.74 Å². The van der Waals surface area contributed by atoms with Crippen LogP contribution in [0.25, 0.3) is 0 Å². The highest BCUT2D eigenvalue weighted by Crippen LogP contribution is 2.26. The monoisotopic (exact) mass is 292 g/mol. The van der Waals surface area contributed by atoms with Gasteiger partial charge in [0.05, 0.1) is 0 Å². The lowest BCUT2D eigenvalue weighted by atomic mass is 10.00. The lowest BCUT2D eigenvalue weighted by Crippen LogP contribution is -2.39. The van der Waals surface area contributed by atoms with E-state index in [4.69, 9.17) is 9.72 Å². The molecule has 1 fully saturated rings. The summed E-state index contributed by atoms with van der Waals surface area (Å²) < 4.78 is 5.21. The summed E-state index contributed by atoms with van der Waals surface area (Å²) in [6.45, 7) is 6.90. The molecule has 0 amide bonds. The number of hydrogen-bond donors (Lipinski definition) is 1. The van der Waals surface area contributed by atoms with Crippen LogP contribution in [0.15, 0.2) is 6.07 Å². The predicted octanol–water partition coefficient (Wildman–Crippen LogP) is 3.21. The van der Waals surface area contributed by atoms with Gasteiger partial charge in [-0.05, 0) is 32.1 Å². The molecule has 21 heavy (non-hydrogen) atoms. The molecule has 0 radical (unpaired) electrons. The second kappa shape index (κ2) is 8.17. The van der Waals surface area contributed by atoms with Crippen LogP contribution in [0.1, 0.15) is 51.8 Å². The Bertz CT molecular complexity index is 438. The highest BCUT2D eigenvalue weighted by Gasteiger charge is 2.23. The number of nitrogens with one attached hydrogen (secondary N) is 1. The summed E-state index contributed by atoms with van der Waals surface area (Å²) in [7, 11) is 1.69. The van der Waals surface area contributed by atoms with E-state index in [1.807, 2.05) is 0 Å². The number of methoxy groups -OCH3 is 1. The average Bonchev–Trinajstić information content (AvgIpc) is 2.53. The quantitative estimate of drug-likeness (QED) is 0.836. The fourth-order valence-electron chi connectivity index (χ4n) is 2.89. The number of aromatic nitrogens is 2. The average molecular weight is 292 g/mol. The fraction of sp³-hybridized carbons (Fsp3) is 0.750. The largest absolute Gasteiger partial charge is 0.377 e. The predicted molar refractivity (Wildman–Crippen MR) is 86.8 cm³/mol. The van der Waals surface area contributed by atoms with Crippen LogP contribution in [0.4, 0.5) is 11.6 Å². The molecule has 118 valence electrons. The molecule has 1 unspecified atom stereocenters. The molecule has 1 N–H and O–H groups in total. The van der Waals surface area contributed by atoms with Crippen LogP contribution >= 0.6 is 0 Å². The van der Waals surface area contributed by atoms with Gasteiger partial charge in [-0.15, -0.1) is 0 Å². The number of piperidine rings is 1. The van der Waals surface area contributed by atoms with E-state index in [2.05, 4.69) is 35.1 Å². The Hall–Kier alpha value is -1.36. The second-order valence-corrected chi connectivity index (χ2v) is 5.64. The van der Waals surface area contributed by atoms with Crippen LogP contribution in [0.3, 0.4) is 0 Å². The molecule has 1 aliphatic heterocycles. The standard InChI is InChI=1S/C16H28N4O/c1-4-9-17-14-11-16(19-15(18-14)12-21-3)20-10-7-6-8-13(20)5-2/h11,13H,4-10,12H2,1-3H3,(H,17,18,19). The zero-order valence-electron chi connectivity index (χ0n) is 13.6. The summed E-state index contributed by atoms with van der Waals surface area (Å²) in [6, 6.07) is 2.69. The molecule has 0 saturated carbocycles. The molecule has 1 aliphatic rings. The van der Waals surface area contributed by atoms with Crippen molar-refractivity contribution >= 4 is 11.6 Å². The van der Waals surface area contributed by atoms with Crippen molar-refractivity contribution in [2.24, 2.45) is 0 Å². The van der Waals surface area contributed by atoms with E-state index >= 15 is 0 Å². The lowest BCUT2D eigenvalue weighted by molar-refractivity contribution is 0.178. The molecule has 1 atom stereocenters. The van der Waals surface area contributed by atoms with Crippen LogP contribution in [0.5, 0.6) is 0 Å². The van der Waals surface area contributed by atoms with Gasteiger partial charge in [0.25, 0.3) is 0 Å². The van der Waals surface area contributed by atoms with Crippen molar-refractivity contribution in [3.05, 3.63) is 11.9 Å². The number of nitrogens with zero attached hydrogens (tertiary/aromatic N) is 3. The Balaban J connectivity index is 2.24. The molecule has 5 nitrogen and oxygen atoms in total. The van der Waals surface area contributed by atoms with E-state index in [0.717, 1.165) is 37.0 Å². The van der Waals surface area contributed by atoms with Crippen molar-refractivity contribution in [3.8, 4) is 0 Å². The molecule has 2 rings (SSSR count). The first-order valence-corrected chi connectivity index (χ1v) is 8.15. The Morgan fingerprint density at radius 2 is 2.19 bits per heavy atom. The Morgan fingerprint density at radius 3 is 2.90 bits per heavy atom. The third-order valence-electron chi connectivity index (χ3n) is 3.98. The van der Waals surface area contributed by atoms with Crippen molar-refractivity contribution in [1.29, 1.82) is 0 Å². The maximum Gasteiger partial charge on any atom is 0.158 e. The van der Waals surface area contributed by atoms with Crippen molar-refractivity contribution in [2.75, 3.05) is 30.4 Å². The minimum Gasteiger partial charge on any atom is -0.377 e. The first-order chi connectivity index (χ1) is 10.3. The molecule has 0 spiro atoms. The summed E-state index contributed by atoms with van der Waals surface area (Å²) in [5, 5.41) is 3.37. The third kappa shape index (κ3) is 4.30. The van der Waals surface area contributed by atoms with Crippen LogP contribution in [0, 0.1) is 0 Å². The van der Waals surface area contributed by atoms with Gasteiger partial charge in [-0.3, -0.25) is 0 Å². The van der Waals surface area contributed by atoms with E-state index in [9.17, 15) is 0 Å². The highest BCUT2D eigenvalue weighted by atomic mass is 16.5. The Kier molecular flexibility index (Phi) is 6.23. The van der Waals surface area contributed by atoms with Gasteiger partial charge >= 0.3 is 0 Å². The molecule has 0 bridgehead atoms.